The summed E-state index contributed by atoms with van der Waals surface area (Å²) in [5.74, 6) is 0.0468. The average molecular weight is 359 g/mol. The van der Waals surface area contributed by atoms with Crippen molar-refractivity contribution in [3.63, 3.8) is 0 Å². The van der Waals surface area contributed by atoms with Crippen LogP contribution >= 0.6 is 11.5 Å². The fourth-order valence-electron chi connectivity index (χ4n) is 3.26. The Morgan fingerprint density at radius 2 is 2.00 bits per heavy atom. The lowest BCUT2D eigenvalue weighted by Gasteiger charge is -2.21. The van der Waals surface area contributed by atoms with Crippen molar-refractivity contribution < 1.29 is 4.79 Å². The molecule has 6 heteroatoms. The van der Waals surface area contributed by atoms with E-state index in [0.29, 0.717) is 6.54 Å². The number of amides is 1. The number of carbonyl (C=O) groups excluding carboxylic acids is 1. The van der Waals surface area contributed by atoms with Gasteiger partial charge in [0.15, 0.2) is 0 Å². The van der Waals surface area contributed by atoms with Gasteiger partial charge in [-0.2, -0.15) is 0 Å². The summed E-state index contributed by atoms with van der Waals surface area (Å²) in [5.41, 5.74) is 2.88. The van der Waals surface area contributed by atoms with Crippen LogP contribution in [0.1, 0.15) is 52.2 Å². The number of aromatic nitrogens is 2. The van der Waals surface area contributed by atoms with Crippen LogP contribution in [0.4, 0.5) is 0 Å². The third-order valence-electron chi connectivity index (χ3n) is 4.75. The zero-order chi connectivity index (χ0) is 17.6. The van der Waals surface area contributed by atoms with Gasteiger partial charge >= 0.3 is 0 Å². The van der Waals surface area contributed by atoms with Crippen molar-refractivity contribution in [3.05, 3.63) is 46.0 Å². The Labute approximate surface area is 153 Å². The van der Waals surface area contributed by atoms with Gasteiger partial charge in [0.1, 0.15) is 0 Å². The molecule has 5 nitrogen and oxygen atoms in total. The molecule has 1 amide bonds. The van der Waals surface area contributed by atoms with Gasteiger partial charge in [0, 0.05) is 19.2 Å². The van der Waals surface area contributed by atoms with Crippen molar-refractivity contribution >= 4 is 17.4 Å². The van der Waals surface area contributed by atoms with E-state index in [1.807, 2.05) is 32.2 Å². The average Bonchev–Trinajstić information content (AvgIpc) is 2.85. The van der Waals surface area contributed by atoms with E-state index in [0.717, 1.165) is 35.8 Å². The molecule has 0 spiro atoms. The summed E-state index contributed by atoms with van der Waals surface area (Å²) < 4.78 is 3.94. The van der Waals surface area contributed by atoms with Crippen molar-refractivity contribution in [3.8, 4) is 0 Å². The molecule has 0 aliphatic carbocycles. The first kappa shape index (κ1) is 18.0. The van der Waals surface area contributed by atoms with Crippen LogP contribution in [-0.4, -0.2) is 45.4 Å². The van der Waals surface area contributed by atoms with Gasteiger partial charge in [0.25, 0.3) is 5.91 Å². The summed E-state index contributed by atoms with van der Waals surface area (Å²) in [7, 11) is 1.84. The first-order valence-electron chi connectivity index (χ1n) is 8.98. The van der Waals surface area contributed by atoms with Gasteiger partial charge in [-0.15, -0.1) is 5.10 Å². The van der Waals surface area contributed by atoms with Crippen LogP contribution in [0.3, 0.4) is 0 Å². The molecular weight excluding hydrogens is 332 g/mol. The molecule has 0 N–H and O–H groups in total. The van der Waals surface area contributed by atoms with Gasteiger partial charge in [0.05, 0.1) is 17.1 Å². The number of nitrogens with zero attached hydrogens (tertiary/aromatic N) is 4. The Balaban J connectivity index is 1.65. The summed E-state index contributed by atoms with van der Waals surface area (Å²) >= 11 is 1.36. The lowest BCUT2D eigenvalue weighted by molar-refractivity contribution is 0.0786. The van der Waals surface area contributed by atoms with Crippen LogP contribution in [0.15, 0.2) is 24.3 Å². The predicted molar refractivity (Wildman–Crippen MR) is 101 cm³/mol. The maximum absolute atomic E-state index is 12.8. The minimum absolute atomic E-state index is 0.0468. The Morgan fingerprint density at radius 3 is 2.68 bits per heavy atom. The van der Waals surface area contributed by atoms with Gasteiger partial charge < -0.3 is 4.90 Å². The van der Waals surface area contributed by atoms with Gasteiger partial charge in [-0.1, -0.05) is 29.5 Å². The second-order valence-corrected chi connectivity index (χ2v) is 7.67. The largest absolute Gasteiger partial charge is 0.336 e. The number of benzene rings is 1. The third kappa shape index (κ3) is 4.86. The number of likely N-dealkylation sites (tertiary alicyclic amines) is 1. The molecule has 0 atom stereocenters. The van der Waals surface area contributed by atoms with E-state index in [1.54, 1.807) is 4.90 Å². The molecule has 25 heavy (non-hydrogen) atoms. The normalized spacial score (nSPS) is 15.8. The second-order valence-electron chi connectivity index (χ2n) is 6.83. The molecule has 1 aromatic heterocycles. The Morgan fingerprint density at radius 1 is 1.24 bits per heavy atom. The molecule has 134 valence electrons. The highest BCUT2D eigenvalue weighted by Gasteiger charge is 2.16. The second kappa shape index (κ2) is 8.54. The number of hydrogen-bond donors (Lipinski definition) is 0. The molecule has 3 rings (SSSR count). The zero-order valence-electron chi connectivity index (χ0n) is 15.1. The fraction of sp³-hybridized carbons (Fsp3) is 0.526. The Kier molecular flexibility index (Phi) is 6.15. The topological polar surface area (TPSA) is 49.3 Å². The van der Waals surface area contributed by atoms with Crippen LogP contribution in [0.25, 0.3) is 0 Å². The van der Waals surface area contributed by atoms with Gasteiger partial charge in [-0.05, 0) is 62.1 Å². The molecule has 2 aromatic rings. The minimum Gasteiger partial charge on any atom is -0.336 e. The standard InChI is InChI=1S/C19H26N4OS/c1-15-18(25-21-20-15)14-22(2)19(24)17-9-7-8-16(12-17)13-23-10-5-3-4-6-11-23/h7-9,12H,3-6,10-11,13-14H2,1-2H3. The highest BCUT2D eigenvalue weighted by molar-refractivity contribution is 7.05. The van der Waals surface area contributed by atoms with Gasteiger partial charge in [-0.25, -0.2) is 0 Å². The predicted octanol–water partition coefficient (Wildman–Crippen LogP) is 3.49. The van der Waals surface area contributed by atoms with Crippen molar-refractivity contribution in [2.75, 3.05) is 20.1 Å². The molecule has 0 radical (unpaired) electrons. The molecule has 1 aliphatic rings. The highest BCUT2D eigenvalue weighted by Crippen LogP contribution is 2.17. The van der Waals surface area contributed by atoms with Crippen LogP contribution in [0.2, 0.25) is 0 Å². The zero-order valence-corrected chi connectivity index (χ0v) is 15.9. The van der Waals surface area contributed by atoms with E-state index in [-0.39, 0.29) is 5.91 Å². The number of aryl methyl sites for hydroxylation is 1. The van der Waals surface area contributed by atoms with E-state index in [4.69, 9.17) is 0 Å². The molecule has 1 fully saturated rings. The molecule has 1 saturated heterocycles. The lowest BCUT2D eigenvalue weighted by atomic mass is 10.1. The van der Waals surface area contributed by atoms with E-state index in [9.17, 15) is 4.79 Å². The SMILES string of the molecule is Cc1nnsc1CN(C)C(=O)c1cccc(CN2CCCCCC2)c1. The molecule has 2 heterocycles. The van der Waals surface area contributed by atoms with E-state index in [1.165, 1.54) is 42.8 Å². The monoisotopic (exact) mass is 358 g/mol. The van der Waals surface area contributed by atoms with Gasteiger partial charge in [-0.3, -0.25) is 9.69 Å². The van der Waals surface area contributed by atoms with Crippen molar-refractivity contribution in [2.24, 2.45) is 0 Å². The third-order valence-corrected chi connectivity index (χ3v) is 5.56. The number of hydrogen-bond acceptors (Lipinski definition) is 5. The first-order valence-corrected chi connectivity index (χ1v) is 9.75. The van der Waals surface area contributed by atoms with Crippen molar-refractivity contribution in [1.29, 1.82) is 0 Å². The van der Waals surface area contributed by atoms with Crippen LogP contribution in [0.5, 0.6) is 0 Å². The maximum atomic E-state index is 12.8. The highest BCUT2D eigenvalue weighted by atomic mass is 32.1. The summed E-state index contributed by atoms with van der Waals surface area (Å²) in [6.45, 7) is 5.74. The van der Waals surface area contributed by atoms with E-state index < -0.39 is 0 Å². The number of rotatable bonds is 5. The molecule has 1 aromatic carbocycles. The lowest BCUT2D eigenvalue weighted by Crippen LogP contribution is -2.27. The van der Waals surface area contributed by atoms with E-state index >= 15 is 0 Å². The molecule has 0 saturated carbocycles. The quantitative estimate of drug-likeness (QED) is 0.821. The molecular formula is C19H26N4OS. The Bertz CT molecular complexity index is 707. The Hall–Kier alpha value is -1.79. The molecule has 0 bridgehead atoms. The van der Waals surface area contributed by atoms with Crippen LogP contribution < -0.4 is 0 Å². The summed E-state index contributed by atoms with van der Waals surface area (Å²) in [5, 5.41) is 4.01. The minimum atomic E-state index is 0.0468. The van der Waals surface area contributed by atoms with Crippen molar-refractivity contribution in [1.82, 2.24) is 19.4 Å². The summed E-state index contributed by atoms with van der Waals surface area (Å²) in [4.78, 5) is 18.0. The molecule has 1 aliphatic heterocycles. The first-order chi connectivity index (χ1) is 12.1. The van der Waals surface area contributed by atoms with E-state index in [2.05, 4.69) is 20.6 Å². The summed E-state index contributed by atoms with van der Waals surface area (Å²) in [6.07, 6.45) is 5.24. The van der Waals surface area contributed by atoms with Crippen molar-refractivity contribution in [2.45, 2.75) is 45.7 Å². The number of carbonyl (C=O) groups is 1. The van der Waals surface area contributed by atoms with Gasteiger partial charge in [0.2, 0.25) is 0 Å². The molecule has 0 unspecified atom stereocenters. The fourth-order valence-corrected chi connectivity index (χ4v) is 3.95. The smallest absolute Gasteiger partial charge is 0.253 e. The van der Waals surface area contributed by atoms with Crippen LogP contribution in [-0.2, 0) is 13.1 Å². The summed E-state index contributed by atoms with van der Waals surface area (Å²) in [6, 6.07) is 8.07. The maximum Gasteiger partial charge on any atom is 0.253 e. The van der Waals surface area contributed by atoms with Crippen LogP contribution in [0, 0.1) is 6.92 Å².